The number of nitrogens with one attached hydrogen (secondary N) is 2. The molecule has 0 unspecified atom stereocenters. The summed E-state index contributed by atoms with van der Waals surface area (Å²) in [6.45, 7) is 0.469. The Balaban J connectivity index is 1.69. The molecule has 0 aromatic heterocycles. The third-order valence-corrected chi connectivity index (χ3v) is 3.11. The number of hydrogen-bond donors (Lipinski definition) is 2. The number of carbonyl (C=O) groups excluding carboxylic acids is 1. The van der Waals surface area contributed by atoms with Crippen molar-refractivity contribution in [2.24, 2.45) is 0 Å². The first-order valence-electron chi connectivity index (χ1n) is 6.28. The number of halogens is 2. The third-order valence-electron chi connectivity index (χ3n) is 2.63. The average Bonchev–Trinajstić information content (AvgIpc) is 2.47. The zero-order valence-electron chi connectivity index (χ0n) is 11.1. The number of hydrogen-bond acceptors (Lipinski definition) is 2. The quantitative estimate of drug-likeness (QED) is 0.821. The lowest BCUT2D eigenvalue weighted by Gasteiger charge is -2.09. The molecule has 0 aliphatic heterocycles. The molecule has 6 heteroatoms. The molecule has 0 fully saturated rings. The molecule has 0 saturated carbocycles. The maximum absolute atomic E-state index is 11.6. The summed E-state index contributed by atoms with van der Waals surface area (Å²) in [5, 5.41) is 6.58. The van der Waals surface area contributed by atoms with E-state index in [-0.39, 0.29) is 12.8 Å². The molecule has 0 bridgehead atoms. The Morgan fingerprint density at radius 3 is 2.48 bits per heavy atom. The van der Waals surface area contributed by atoms with E-state index in [1.165, 1.54) is 0 Å². The summed E-state index contributed by atoms with van der Waals surface area (Å²) in [6.07, 6.45) is 0. The van der Waals surface area contributed by atoms with E-state index in [0.29, 0.717) is 22.3 Å². The van der Waals surface area contributed by atoms with Gasteiger partial charge in [0, 0.05) is 16.6 Å². The van der Waals surface area contributed by atoms with Crippen molar-refractivity contribution in [1.82, 2.24) is 10.6 Å². The van der Waals surface area contributed by atoms with E-state index >= 15 is 0 Å². The van der Waals surface area contributed by atoms with Crippen molar-refractivity contribution in [2.45, 2.75) is 6.54 Å². The first kappa shape index (κ1) is 15.5. The zero-order valence-corrected chi connectivity index (χ0v) is 12.6. The van der Waals surface area contributed by atoms with Crippen LogP contribution in [0, 0.1) is 0 Å². The molecular formula is C15H14Cl2N2O2. The largest absolute Gasteiger partial charge is 0.473 e. The van der Waals surface area contributed by atoms with E-state index in [9.17, 15) is 4.79 Å². The highest BCUT2D eigenvalue weighted by Crippen LogP contribution is 2.15. The Kier molecular flexibility index (Phi) is 5.72. The molecule has 0 aliphatic rings. The fraction of sp³-hybridized carbons (Fsp3) is 0.133. The molecule has 2 amide bonds. The summed E-state index contributed by atoms with van der Waals surface area (Å²) < 4.78 is 5.35. The van der Waals surface area contributed by atoms with E-state index in [1.54, 1.807) is 36.4 Å². The van der Waals surface area contributed by atoms with Crippen molar-refractivity contribution in [1.29, 1.82) is 0 Å². The first-order chi connectivity index (χ1) is 10.1. The van der Waals surface area contributed by atoms with Crippen LogP contribution in [0.25, 0.3) is 0 Å². The van der Waals surface area contributed by atoms with E-state index in [1.807, 2.05) is 12.1 Å². The van der Waals surface area contributed by atoms with Crippen LogP contribution in [0.15, 0.2) is 48.5 Å². The van der Waals surface area contributed by atoms with Gasteiger partial charge in [-0.25, -0.2) is 4.79 Å². The summed E-state index contributed by atoms with van der Waals surface area (Å²) in [5.41, 5.74) is 0.927. The van der Waals surface area contributed by atoms with Gasteiger partial charge in [-0.1, -0.05) is 35.3 Å². The average molecular weight is 325 g/mol. The highest BCUT2D eigenvalue weighted by atomic mass is 35.5. The minimum atomic E-state index is -0.316. The van der Waals surface area contributed by atoms with Crippen molar-refractivity contribution < 1.29 is 9.53 Å². The van der Waals surface area contributed by atoms with E-state index < -0.39 is 0 Å². The van der Waals surface area contributed by atoms with Crippen molar-refractivity contribution in [3.8, 4) is 5.75 Å². The molecule has 0 saturated heterocycles. The lowest BCUT2D eigenvalue weighted by molar-refractivity contribution is 0.223. The lowest BCUT2D eigenvalue weighted by atomic mass is 10.2. The summed E-state index contributed by atoms with van der Waals surface area (Å²) in [4.78, 5) is 11.6. The van der Waals surface area contributed by atoms with Crippen LogP contribution in [0.5, 0.6) is 5.75 Å². The highest BCUT2D eigenvalue weighted by Gasteiger charge is 2.01. The van der Waals surface area contributed by atoms with E-state index in [0.717, 1.165) is 5.56 Å². The summed E-state index contributed by atoms with van der Waals surface area (Å²) >= 11 is 11.6. The minimum absolute atomic E-state index is 0.0724. The molecule has 2 rings (SSSR count). The Morgan fingerprint density at radius 2 is 1.76 bits per heavy atom. The molecule has 0 spiro atoms. The molecule has 21 heavy (non-hydrogen) atoms. The van der Waals surface area contributed by atoms with Gasteiger partial charge in [0.2, 0.25) is 0 Å². The number of amides is 2. The molecule has 2 N–H and O–H groups in total. The maximum Gasteiger partial charge on any atom is 0.317 e. The van der Waals surface area contributed by atoms with Gasteiger partial charge in [-0.2, -0.15) is 0 Å². The van der Waals surface area contributed by atoms with Crippen molar-refractivity contribution in [3.05, 3.63) is 64.1 Å². The van der Waals surface area contributed by atoms with Gasteiger partial charge in [-0.15, -0.1) is 0 Å². The fourth-order valence-corrected chi connectivity index (χ4v) is 1.95. The Morgan fingerprint density at radius 1 is 1.00 bits per heavy atom. The second-order valence-corrected chi connectivity index (χ2v) is 5.10. The standard InChI is InChI=1S/C15H14Cl2N2O2/c16-12-4-6-14(7-5-12)21-10-19-15(20)18-9-11-2-1-3-13(17)8-11/h1-8H,9-10H2,(H2,18,19,20). The minimum Gasteiger partial charge on any atom is -0.473 e. The fourth-order valence-electron chi connectivity index (χ4n) is 1.61. The molecular weight excluding hydrogens is 311 g/mol. The topological polar surface area (TPSA) is 50.4 Å². The molecule has 0 heterocycles. The second-order valence-electron chi connectivity index (χ2n) is 4.23. The van der Waals surface area contributed by atoms with Gasteiger partial charge >= 0.3 is 6.03 Å². The van der Waals surface area contributed by atoms with Crippen LogP contribution in [-0.2, 0) is 6.54 Å². The van der Waals surface area contributed by atoms with Gasteiger partial charge < -0.3 is 15.4 Å². The maximum atomic E-state index is 11.6. The van der Waals surface area contributed by atoms with Gasteiger partial charge in [-0.05, 0) is 42.0 Å². The van der Waals surface area contributed by atoms with Crippen LogP contribution in [0.2, 0.25) is 10.0 Å². The summed E-state index contributed by atoms with van der Waals surface area (Å²) in [7, 11) is 0. The van der Waals surface area contributed by atoms with Crippen molar-refractivity contribution in [3.63, 3.8) is 0 Å². The number of carbonyl (C=O) groups is 1. The third kappa shape index (κ3) is 5.53. The van der Waals surface area contributed by atoms with Crippen molar-refractivity contribution >= 4 is 29.2 Å². The Hall–Kier alpha value is -1.91. The van der Waals surface area contributed by atoms with Gasteiger partial charge in [0.25, 0.3) is 0 Å². The Bertz CT molecular complexity index is 603. The lowest BCUT2D eigenvalue weighted by Crippen LogP contribution is -2.37. The predicted molar refractivity (Wildman–Crippen MR) is 83.8 cm³/mol. The van der Waals surface area contributed by atoms with Crippen LogP contribution in [0.1, 0.15) is 5.56 Å². The van der Waals surface area contributed by atoms with E-state index in [4.69, 9.17) is 27.9 Å². The molecule has 0 atom stereocenters. The molecule has 2 aromatic carbocycles. The molecule has 0 radical (unpaired) electrons. The molecule has 0 aliphatic carbocycles. The van der Waals surface area contributed by atoms with Crippen LogP contribution >= 0.6 is 23.2 Å². The van der Waals surface area contributed by atoms with Crippen molar-refractivity contribution in [2.75, 3.05) is 6.73 Å². The van der Waals surface area contributed by atoms with Gasteiger partial charge in [0.1, 0.15) is 5.75 Å². The normalized spacial score (nSPS) is 10.0. The van der Waals surface area contributed by atoms with Gasteiger partial charge in [0.15, 0.2) is 6.73 Å². The van der Waals surface area contributed by atoms with Crippen LogP contribution in [0.3, 0.4) is 0 Å². The van der Waals surface area contributed by atoms with Gasteiger partial charge in [-0.3, -0.25) is 0 Å². The van der Waals surface area contributed by atoms with E-state index in [2.05, 4.69) is 10.6 Å². The first-order valence-corrected chi connectivity index (χ1v) is 7.03. The van der Waals surface area contributed by atoms with Gasteiger partial charge in [0.05, 0.1) is 0 Å². The zero-order chi connectivity index (χ0) is 15.1. The molecule has 2 aromatic rings. The monoisotopic (exact) mass is 324 g/mol. The number of rotatable bonds is 5. The van der Waals surface area contributed by atoms with Crippen LogP contribution in [0.4, 0.5) is 4.79 Å². The highest BCUT2D eigenvalue weighted by molar-refractivity contribution is 6.30. The Labute approximate surface area is 133 Å². The smallest absolute Gasteiger partial charge is 0.317 e. The molecule has 110 valence electrons. The number of benzene rings is 2. The summed E-state index contributed by atoms with van der Waals surface area (Å²) in [5.74, 6) is 0.634. The second kappa shape index (κ2) is 7.76. The summed E-state index contributed by atoms with van der Waals surface area (Å²) in [6, 6.07) is 13.9. The number of ether oxygens (including phenoxy) is 1. The van der Waals surface area contributed by atoms with Crippen LogP contribution < -0.4 is 15.4 Å². The molecule has 4 nitrogen and oxygen atoms in total. The SMILES string of the molecule is O=C(NCOc1ccc(Cl)cc1)NCc1cccc(Cl)c1. The number of urea groups is 1. The van der Waals surface area contributed by atoms with Crippen LogP contribution in [-0.4, -0.2) is 12.8 Å². The predicted octanol–water partition coefficient (Wildman–Crippen LogP) is 3.83.